The van der Waals surface area contributed by atoms with Crippen LogP contribution in [0.25, 0.3) is 0 Å². The Morgan fingerprint density at radius 3 is 2.71 bits per heavy atom. The molecule has 0 bridgehead atoms. The average Bonchev–Trinajstić information content (AvgIpc) is 3.04. The molecule has 0 aromatic heterocycles. The van der Waals surface area contributed by atoms with Gasteiger partial charge in [-0.05, 0) is 86.7 Å². The molecule has 0 aromatic carbocycles. The molecule has 3 aliphatic carbocycles. The number of hydrogen-bond donors (Lipinski definition) is 3. The number of fused-ring (bicyclic) bond motifs is 1. The Morgan fingerprint density at radius 2 is 2.03 bits per heavy atom. The molecule has 3 rings (SSSR count). The highest BCUT2D eigenvalue weighted by molar-refractivity contribution is 5.78. The van der Waals surface area contributed by atoms with Gasteiger partial charge in [-0.2, -0.15) is 0 Å². The SMILES string of the molecule is C=C1C(=CC=C2CCC[C@@]3(C)C2CC[C@@H]3[C@H](C)COC(=O)C(C)(C)O)C[C@@H](O)C[C@@H]1O. The highest BCUT2D eigenvalue weighted by Gasteiger charge is 2.50. The molecule has 3 aliphatic rings. The summed E-state index contributed by atoms with van der Waals surface area (Å²) in [5.41, 5.74) is 1.85. The molecule has 0 aliphatic heterocycles. The van der Waals surface area contributed by atoms with Gasteiger partial charge in [0, 0.05) is 6.42 Å². The first-order valence-corrected chi connectivity index (χ1v) is 11.8. The second-order valence-corrected chi connectivity index (χ2v) is 10.8. The van der Waals surface area contributed by atoms with Gasteiger partial charge in [0.05, 0.1) is 18.8 Å². The van der Waals surface area contributed by atoms with Crippen molar-refractivity contribution < 1.29 is 24.9 Å². The number of aliphatic hydroxyl groups excluding tert-OH is 2. The summed E-state index contributed by atoms with van der Waals surface area (Å²) in [5.74, 6) is 0.647. The second-order valence-electron chi connectivity index (χ2n) is 10.8. The van der Waals surface area contributed by atoms with Crippen molar-refractivity contribution >= 4 is 5.97 Å². The second kappa shape index (κ2) is 9.21. The van der Waals surface area contributed by atoms with Crippen molar-refractivity contribution in [1.82, 2.24) is 0 Å². The Bertz CT molecular complexity index is 758. The maximum atomic E-state index is 12.0. The zero-order valence-electron chi connectivity index (χ0n) is 19.6. The van der Waals surface area contributed by atoms with Crippen LogP contribution in [-0.2, 0) is 9.53 Å². The highest BCUT2D eigenvalue weighted by atomic mass is 16.5. The van der Waals surface area contributed by atoms with E-state index in [1.54, 1.807) is 0 Å². The van der Waals surface area contributed by atoms with Crippen LogP contribution in [0.1, 0.15) is 72.6 Å². The largest absolute Gasteiger partial charge is 0.463 e. The molecule has 0 aromatic rings. The van der Waals surface area contributed by atoms with E-state index >= 15 is 0 Å². The zero-order valence-corrected chi connectivity index (χ0v) is 19.6. The lowest BCUT2D eigenvalue weighted by Crippen LogP contribution is -2.39. The maximum Gasteiger partial charge on any atom is 0.337 e. The van der Waals surface area contributed by atoms with Gasteiger partial charge in [0.2, 0.25) is 0 Å². The number of ether oxygens (including phenoxy) is 1. The van der Waals surface area contributed by atoms with Gasteiger partial charge >= 0.3 is 5.97 Å². The number of esters is 1. The summed E-state index contributed by atoms with van der Waals surface area (Å²) in [6.07, 6.45) is 9.66. The molecule has 6 atom stereocenters. The third-order valence-electron chi connectivity index (χ3n) is 7.97. The molecule has 1 unspecified atom stereocenters. The van der Waals surface area contributed by atoms with E-state index in [4.69, 9.17) is 4.74 Å². The lowest BCUT2D eigenvalue weighted by molar-refractivity contribution is -0.164. The van der Waals surface area contributed by atoms with Gasteiger partial charge in [-0.25, -0.2) is 4.79 Å². The lowest BCUT2D eigenvalue weighted by Gasteiger charge is -2.44. The van der Waals surface area contributed by atoms with E-state index in [2.05, 4.69) is 32.6 Å². The summed E-state index contributed by atoms with van der Waals surface area (Å²) >= 11 is 0. The number of allylic oxidation sites excluding steroid dienone is 3. The third kappa shape index (κ3) is 5.15. The third-order valence-corrected chi connectivity index (χ3v) is 7.97. The van der Waals surface area contributed by atoms with E-state index in [-0.39, 0.29) is 11.3 Å². The molecule has 5 nitrogen and oxygen atoms in total. The number of carbonyl (C=O) groups is 1. The fraction of sp³-hybridized carbons (Fsp3) is 0.731. The summed E-state index contributed by atoms with van der Waals surface area (Å²) in [7, 11) is 0. The van der Waals surface area contributed by atoms with Crippen molar-refractivity contribution in [3.63, 3.8) is 0 Å². The number of rotatable bonds is 5. The highest BCUT2D eigenvalue weighted by Crippen LogP contribution is 2.59. The first kappa shape index (κ1) is 24.2. The van der Waals surface area contributed by atoms with Crippen LogP contribution in [0.3, 0.4) is 0 Å². The van der Waals surface area contributed by atoms with Crippen LogP contribution in [-0.4, -0.2) is 45.7 Å². The molecule has 0 amide bonds. The van der Waals surface area contributed by atoms with Gasteiger partial charge in [-0.15, -0.1) is 0 Å². The predicted octanol–water partition coefficient (Wildman–Crippen LogP) is 4.08. The minimum absolute atomic E-state index is 0.172. The zero-order chi connectivity index (χ0) is 23.0. The molecule has 0 heterocycles. The lowest BCUT2D eigenvalue weighted by atomic mass is 9.61. The predicted molar refractivity (Wildman–Crippen MR) is 121 cm³/mol. The summed E-state index contributed by atoms with van der Waals surface area (Å²) in [4.78, 5) is 12.0. The molecular formula is C26H40O5. The molecule has 0 spiro atoms. The van der Waals surface area contributed by atoms with E-state index < -0.39 is 23.8 Å². The van der Waals surface area contributed by atoms with Crippen LogP contribution in [0.5, 0.6) is 0 Å². The molecule has 3 saturated carbocycles. The summed E-state index contributed by atoms with van der Waals surface area (Å²) < 4.78 is 5.42. The first-order chi connectivity index (χ1) is 14.4. The molecule has 3 fully saturated rings. The van der Waals surface area contributed by atoms with E-state index in [0.29, 0.717) is 31.3 Å². The van der Waals surface area contributed by atoms with Gasteiger partial charge in [0.15, 0.2) is 5.60 Å². The van der Waals surface area contributed by atoms with E-state index in [1.807, 2.05) is 0 Å². The van der Waals surface area contributed by atoms with Crippen LogP contribution in [0.4, 0.5) is 0 Å². The fourth-order valence-corrected chi connectivity index (χ4v) is 6.18. The molecular weight excluding hydrogens is 392 g/mol. The monoisotopic (exact) mass is 432 g/mol. The smallest absolute Gasteiger partial charge is 0.337 e. The Hall–Kier alpha value is -1.43. The van der Waals surface area contributed by atoms with Crippen molar-refractivity contribution in [2.24, 2.45) is 23.2 Å². The molecule has 5 heteroatoms. The quantitative estimate of drug-likeness (QED) is 0.570. The van der Waals surface area contributed by atoms with Gasteiger partial charge in [0.25, 0.3) is 0 Å². The Balaban J connectivity index is 1.72. The van der Waals surface area contributed by atoms with Crippen molar-refractivity contribution in [3.05, 3.63) is 35.5 Å². The van der Waals surface area contributed by atoms with Crippen LogP contribution < -0.4 is 0 Å². The molecule has 3 N–H and O–H groups in total. The molecule has 0 saturated heterocycles. The normalized spacial score (nSPS) is 37.7. The van der Waals surface area contributed by atoms with Gasteiger partial charge < -0.3 is 20.1 Å². The van der Waals surface area contributed by atoms with Crippen LogP contribution in [0, 0.1) is 23.2 Å². The van der Waals surface area contributed by atoms with Crippen molar-refractivity contribution in [1.29, 1.82) is 0 Å². The first-order valence-electron chi connectivity index (χ1n) is 11.8. The Labute approximate surface area is 186 Å². The summed E-state index contributed by atoms with van der Waals surface area (Å²) in [6.45, 7) is 11.8. The van der Waals surface area contributed by atoms with Crippen LogP contribution >= 0.6 is 0 Å². The Morgan fingerprint density at radius 1 is 1.32 bits per heavy atom. The molecule has 174 valence electrons. The topological polar surface area (TPSA) is 87.0 Å². The van der Waals surface area contributed by atoms with E-state index in [9.17, 15) is 20.1 Å². The van der Waals surface area contributed by atoms with E-state index in [0.717, 1.165) is 36.8 Å². The van der Waals surface area contributed by atoms with Crippen molar-refractivity contribution in [3.8, 4) is 0 Å². The summed E-state index contributed by atoms with van der Waals surface area (Å²) in [5, 5.41) is 30.0. The summed E-state index contributed by atoms with van der Waals surface area (Å²) in [6, 6.07) is 0. The minimum atomic E-state index is -1.46. The molecule has 0 radical (unpaired) electrons. The van der Waals surface area contributed by atoms with Crippen LogP contribution in [0.2, 0.25) is 0 Å². The van der Waals surface area contributed by atoms with Crippen LogP contribution in [0.15, 0.2) is 35.5 Å². The minimum Gasteiger partial charge on any atom is -0.463 e. The maximum absolute atomic E-state index is 12.0. The van der Waals surface area contributed by atoms with E-state index in [1.165, 1.54) is 25.8 Å². The number of hydrogen-bond acceptors (Lipinski definition) is 5. The Kier molecular flexibility index (Phi) is 7.19. The number of carbonyl (C=O) groups excluding carboxylic acids is 1. The fourth-order valence-electron chi connectivity index (χ4n) is 6.18. The van der Waals surface area contributed by atoms with Gasteiger partial charge in [-0.3, -0.25) is 0 Å². The van der Waals surface area contributed by atoms with Crippen molar-refractivity contribution in [2.45, 2.75) is 90.4 Å². The van der Waals surface area contributed by atoms with Crippen molar-refractivity contribution in [2.75, 3.05) is 6.61 Å². The molecule has 31 heavy (non-hydrogen) atoms. The number of aliphatic hydroxyl groups is 3. The van der Waals surface area contributed by atoms with Gasteiger partial charge in [0.1, 0.15) is 0 Å². The standard InChI is InChI=1S/C26H40O5/c1-16(15-31-24(29)25(3,4)30)21-10-11-22-18(7-6-12-26(21,22)5)8-9-19-13-20(27)14-23(28)17(19)2/h8-9,16,20-23,27-28,30H,2,6-7,10-15H2,1,3-5H3/t16-,20-,21-,22?,23+,26-/m1/s1. The average molecular weight is 433 g/mol. The van der Waals surface area contributed by atoms with Gasteiger partial charge in [-0.1, -0.05) is 38.2 Å².